The number of aldehydes is 1. The summed E-state index contributed by atoms with van der Waals surface area (Å²) >= 11 is 0. The van der Waals surface area contributed by atoms with Crippen LogP contribution in [0, 0.1) is 0 Å². The largest absolute Gasteiger partial charge is 0.372 e. The standard InChI is InChI=1S/C11H11N3O2/c15-7-8-10(9-3-1-6-16-9)13-14-5-2-4-12-11(8)14/h2,4-5,7,9H,1,3,6H2. The van der Waals surface area contributed by atoms with Crippen molar-refractivity contribution in [2.75, 3.05) is 6.61 Å². The Morgan fingerprint density at radius 1 is 1.56 bits per heavy atom. The molecule has 1 saturated heterocycles. The minimum absolute atomic E-state index is 0.0538. The lowest BCUT2D eigenvalue weighted by atomic mass is 10.1. The molecular formula is C11H11N3O2. The molecule has 0 saturated carbocycles. The van der Waals surface area contributed by atoms with Crippen molar-refractivity contribution < 1.29 is 9.53 Å². The summed E-state index contributed by atoms with van der Waals surface area (Å²) in [6.07, 6.45) is 6.14. The Hall–Kier alpha value is -1.75. The van der Waals surface area contributed by atoms with Gasteiger partial charge in [0.15, 0.2) is 11.9 Å². The number of hydrogen-bond donors (Lipinski definition) is 0. The molecule has 0 N–H and O–H groups in total. The van der Waals surface area contributed by atoms with E-state index in [0.717, 1.165) is 25.7 Å². The van der Waals surface area contributed by atoms with Crippen LogP contribution < -0.4 is 0 Å². The van der Waals surface area contributed by atoms with Crippen LogP contribution in [0.2, 0.25) is 0 Å². The van der Waals surface area contributed by atoms with Gasteiger partial charge in [-0.15, -0.1) is 0 Å². The number of fused-ring (bicyclic) bond motifs is 1. The first-order chi connectivity index (χ1) is 7.90. The van der Waals surface area contributed by atoms with Gasteiger partial charge in [0.25, 0.3) is 0 Å². The van der Waals surface area contributed by atoms with Gasteiger partial charge in [-0.1, -0.05) is 0 Å². The lowest BCUT2D eigenvalue weighted by molar-refractivity contribution is 0.104. The number of hydrogen-bond acceptors (Lipinski definition) is 4. The average molecular weight is 217 g/mol. The first-order valence-electron chi connectivity index (χ1n) is 5.30. The molecule has 5 heteroatoms. The summed E-state index contributed by atoms with van der Waals surface area (Å²) < 4.78 is 7.17. The smallest absolute Gasteiger partial charge is 0.165 e. The van der Waals surface area contributed by atoms with Crippen molar-refractivity contribution in [1.29, 1.82) is 0 Å². The van der Waals surface area contributed by atoms with Crippen molar-refractivity contribution in [2.45, 2.75) is 18.9 Å². The van der Waals surface area contributed by atoms with E-state index < -0.39 is 0 Å². The Morgan fingerprint density at radius 2 is 2.50 bits per heavy atom. The van der Waals surface area contributed by atoms with Gasteiger partial charge in [-0.05, 0) is 18.9 Å². The average Bonchev–Trinajstić information content (AvgIpc) is 2.95. The molecule has 5 nitrogen and oxygen atoms in total. The molecular weight excluding hydrogens is 206 g/mol. The molecule has 0 spiro atoms. The molecule has 82 valence electrons. The second-order valence-electron chi connectivity index (χ2n) is 3.81. The summed E-state index contributed by atoms with van der Waals surface area (Å²) in [7, 11) is 0. The summed E-state index contributed by atoms with van der Waals surface area (Å²) in [5.41, 5.74) is 1.86. The summed E-state index contributed by atoms with van der Waals surface area (Å²) in [5.74, 6) is 0. The summed E-state index contributed by atoms with van der Waals surface area (Å²) in [6, 6.07) is 1.79. The third-order valence-electron chi connectivity index (χ3n) is 2.81. The van der Waals surface area contributed by atoms with Gasteiger partial charge in [0, 0.05) is 19.0 Å². The van der Waals surface area contributed by atoms with Gasteiger partial charge < -0.3 is 4.74 Å². The highest BCUT2D eigenvalue weighted by molar-refractivity contribution is 5.86. The molecule has 0 radical (unpaired) electrons. The fraction of sp³-hybridized carbons (Fsp3) is 0.364. The van der Waals surface area contributed by atoms with Crippen LogP contribution in [0.4, 0.5) is 0 Å². The Morgan fingerprint density at radius 3 is 3.25 bits per heavy atom. The van der Waals surface area contributed by atoms with Crippen molar-refractivity contribution in [2.24, 2.45) is 0 Å². The first-order valence-corrected chi connectivity index (χ1v) is 5.30. The van der Waals surface area contributed by atoms with Crippen LogP contribution in [0.25, 0.3) is 5.65 Å². The van der Waals surface area contributed by atoms with Gasteiger partial charge in [-0.2, -0.15) is 5.10 Å². The van der Waals surface area contributed by atoms with Crippen molar-refractivity contribution in [3.63, 3.8) is 0 Å². The van der Waals surface area contributed by atoms with Crippen molar-refractivity contribution in [3.05, 3.63) is 29.7 Å². The zero-order valence-corrected chi connectivity index (χ0v) is 8.67. The Labute approximate surface area is 92.1 Å². The van der Waals surface area contributed by atoms with E-state index in [1.54, 1.807) is 23.0 Å². The van der Waals surface area contributed by atoms with Crippen LogP contribution >= 0.6 is 0 Å². The zero-order chi connectivity index (χ0) is 11.0. The molecule has 0 aromatic carbocycles. The van der Waals surface area contributed by atoms with Crippen molar-refractivity contribution in [1.82, 2.24) is 14.6 Å². The van der Waals surface area contributed by atoms with E-state index in [0.29, 0.717) is 16.9 Å². The lowest BCUT2D eigenvalue weighted by Gasteiger charge is -2.04. The van der Waals surface area contributed by atoms with Crippen molar-refractivity contribution in [3.8, 4) is 0 Å². The summed E-state index contributed by atoms with van der Waals surface area (Å²) in [4.78, 5) is 15.3. The van der Waals surface area contributed by atoms with Gasteiger partial charge >= 0.3 is 0 Å². The highest BCUT2D eigenvalue weighted by Crippen LogP contribution is 2.30. The molecule has 1 aliphatic rings. The molecule has 1 atom stereocenters. The van der Waals surface area contributed by atoms with Crippen LogP contribution in [-0.2, 0) is 4.74 Å². The van der Waals surface area contributed by atoms with E-state index in [1.807, 2.05) is 0 Å². The van der Waals surface area contributed by atoms with E-state index >= 15 is 0 Å². The SMILES string of the molecule is O=Cc1c(C2CCCO2)nn2cccnc12. The molecule has 0 aliphatic carbocycles. The third-order valence-corrected chi connectivity index (χ3v) is 2.81. The molecule has 1 aliphatic heterocycles. The van der Waals surface area contributed by atoms with Gasteiger partial charge in [-0.25, -0.2) is 9.50 Å². The molecule has 3 heterocycles. The van der Waals surface area contributed by atoms with Gasteiger partial charge in [-0.3, -0.25) is 4.79 Å². The highest BCUT2D eigenvalue weighted by Gasteiger charge is 2.25. The lowest BCUT2D eigenvalue weighted by Crippen LogP contribution is -2.00. The molecule has 16 heavy (non-hydrogen) atoms. The van der Waals surface area contributed by atoms with Crippen LogP contribution in [0.15, 0.2) is 18.5 Å². The second kappa shape index (κ2) is 3.68. The number of carbonyl (C=O) groups is 1. The maximum absolute atomic E-state index is 11.1. The van der Waals surface area contributed by atoms with Gasteiger partial charge in [0.05, 0.1) is 5.56 Å². The minimum atomic E-state index is -0.0538. The first kappa shape index (κ1) is 9.47. The van der Waals surface area contributed by atoms with E-state index in [4.69, 9.17) is 4.74 Å². The Bertz CT molecular complexity index is 529. The molecule has 0 bridgehead atoms. The predicted molar refractivity (Wildman–Crippen MR) is 56.3 cm³/mol. The molecule has 1 unspecified atom stereocenters. The molecule has 2 aromatic heterocycles. The predicted octanol–water partition coefficient (Wildman–Crippen LogP) is 1.39. The number of carbonyl (C=O) groups excluding carboxylic acids is 1. The quantitative estimate of drug-likeness (QED) is 0.713. The van der Waals surface area contributed by atoms with Crippen LogP contribution in [0.5, 0.6) is 0 Å². The molecule has 0 amide bonds. The van der Waals surface area contributed by atoms with E-state index in [1.165, 1.54) is 0 Å². The monoisotopic (exact) mass is 217 g/mol. The van der Waals surface area contributed by atoms with Crippen LogP contribution in [0.3, 0.4) is 0 Å². The van der Waals surface area contributed by atoms with Crippen LogP contribution in [-0.4, -0.2) is 27.5 Å². The Balaban J connectivity index is 2.19. The minimum Gasteiger partial charge on any atom is -0.372 e. The number of ether oxygens (including phenoxy) is 1. The highest BCUT2D eigenvalue weighted by atomic mass is 16.5. The number of nitrogens with zero attached hydrogens (tertiary/aromatic N) is 3. The molecule has 1 fully saturated rings. The van der Waals surface area contributed by atoms with E-state index in [2.05, 4.69) is 10.1 Å². The maximum Gasteiger partial charge on any atom is 0.165 e. The molecule has 3 rings (SSSR count). The zero-order valence-electron chi connectivity index (χ0n) is 8.67. The fourth-order valence-electron chi connectivity index (χ4n) is 2.07. The number of aromatic nitrogens is 3. The maximum atomic E-state index is 11.1. The number of rotatable bonds is 2. The van der Waals surface area contributed by atoms with E-state index in [-0.39, 0.29) is 6.10 Å². The summed E-state index contributed by atoms with van der Waals surface area (Å²) in [6.45, 7) is 0.740. The third kappa shape index (κ3) is 1.32. The summed E-state index contributed by atoms with van der Waals surface area (Å²) in [5, 5.41) is 4.36. The normalized spacial score (nSPS) is 20.4. The van der Waals surface area contributed by atoms with Crippen LogP contribution in [0.1, 0.15) is 35.0 Å². The fourth-order valence-corrected chi connectivity index (χ4v) is 2.07. The Kier molecular flexibility index (Phi) is 2.18. The molecule has 2 aromatic rings. The van der Waals surface area contributed by atoms with E-state index in [9.17, 15) is 4.79 Å². The van der Waals surface area contributed by atoms with Gasteiger partial charge in [0.1, 0.15) is 11.8 Å². The topological polar surface area (TPSA) is 56.5 Å². The van der Waals surface area contributed by atoms with Gasteiger partial charge in [0.2, 0.25) is 0 Å². The van der Waals surface area contributed by atoms with Crippen molar-refractivity contribution >= 4 is 11.9 Å². The second-order valence-corrected chi connectivity index (χ2v) is 3.81.